The molecule has 0 saturated heterocycles. The van der Waals surface area contributed by atoms with E-state index in [4.69, 9.17) is 9.47 Å². The highest BCUT2D eigenvalue weighted by molar-refractivity contribution is 5.96. The fourth-order valence-electron chi connectivity index (χ4n) is 11.2. The molecule has 0 aromatic heterocycles. The van der Waals surface area contributed by atoms with Gasteiger partial charge in [-0.25, -0.2) is 9.59 Å². The molecule has 0 aromatic carbocycles. The van der Waals surface area contributed by atoms with Crippen LogP contribution < -0.4 is 0 Å². The van der Waals surface area contributed by atoms with Gasteiger partial charge in [0.25, 0.3) is 0 Å². The minimum absolute atomic E-state index is 0.138. The van der Waals surface area contributed by atoms with Crippen LogP contribution in [0.3, 0.4) is 0 Å². The van der Waals surface area contributed by atoms with Gasteiger partial charge in [0.05, 0.1) is 0 Å². The first-order chi connectivity index (χ1) is 27.7. The zero-order valence-electron chi connectivity index (χ0n) is 37.1. The van der Waals surface area contributed by atoms with Crippen molar-refractivity contribution in [2.24, 2.45) is 17.8 Å². The number of ether oxygens (including phenoxy) is 2. The number of carbonyl (C=O) groups is 2. The summed E-state index contributed by atoms with van der Waals surface area (Å²) < 4.78 is 12.3. The van der Waals surface area contributed by atoms with Gasteiger partial charge >= 0.3 is 12.1 Å². The molecule has 0 unspecified atom stereocenters. The van der Waals surface area contributed by atoms with E-state index in [1.54, 1.807) is 0 Å². The van der Waals surface area contributed by atoms with E-state index in [9.17, 15) is 4.79 Å². The molecule has 4 rings (SSSR count). The predicted molar refractivity (Wildman–Crippen MR) is 237 cm³/mol. The molecule has 56 heavy (non-hydrogen) atoms. The van der Waals surface area contributed by atoms with Gasteiger partial charge in [-0.2, -0.15) is 0 Å². The average molecular weight is 781 g/mol. The van der Waals surface area contributed by atoms with E-state index in [1.807, 2.05) is 0 Å². The van der Waals surface area contributed by atoms with Crippen LogP contribution >= 0.6 is 0 Å². The molecular formula is C52H92O4. The summed E-state index contributed by atoms with van der Waals surface area (Å²) in [7, 11) is 0. The zero-order chi connectivity index (χ0) is 39.1. The maximum absolute atomic E-state index is 15.2. The van der Waals surface area contributed by atoms with Gasteiger partial charge in [0, 0.05) is 5.57 Å². The van der Waals surface area contributed by atoms with Crippen LogP contribution in [0, 0.1) is 17.8 Å². The average Bonchev–Trinajstić information content (AvgIpc) is 3.16. The Morgan fingerprint density at radius 2 is 0.518 bits per heavy atom. The van der Waals surface area contributed by atoms with E-state index in [1.165, 1.54) is 250 Å². The molecule has 0 radical (unpaired) electrons. The molecule has 0 amide bonds. The second-order valence-electron chi connectivity index (χ2n) is 19.4. The highest BCUT2D eigenvalue weighted by Gasteiger charge is 2.35. The molecule has 4 aliphatic rings. The van der Waals surface area contributed by atoms with Crippen molar-refractivity contribution in [1.29, 1.82) is 0 Å². The summed E-state index contributed by atoms with van der Waals surface area (Å²) in [5.41, 5.74) is 2.46. The number of esters is 1. The summed E-state index contributed by atoms with van der Waals surface area (Å²) in [6, 6.07) is 0. The van der Waals surface area contributed by atoms with Crippen LogP contribution in [0.4, 0.5) is 4.79 Å². The van der Waals surface area contributed by atoms with Crippen LogP contribution in [0.15, 0.2) is 11.1 Å². The summed E-state index contributed by atoms with van der Waals surface area (Å²) in [5, 5.41) is 0. The Hall–Kier alpha value is -1.32. The second-order valence-corrected chi connectivity index (χ2v) is 19.4. The highest BCUT2D eigenvalue weighted by Crippen LogP contribution is 2.43. The monoisotopic (exact) mass is 781 g/mol. The largest absolute Gasteiger partial charge is 0.516 e. The Balaban J connectivity index is 1.71. The molecule has 0 spiro atoms. The number of carbonyl (C=O) groups excluding carboxylic acids is 2. The fraction of sp³-hybridized carbons (Fsp3) is 0.923. The molecule has 324 valence electrons. The zero-order valence-corrected chi connectivity index (χ0v) is 37.1. The lowest BCUT2D eigenvalue weighted by molar-refractivity contribution is -0.137. The number of allylic oxidation sites excluding steroid dienone is 1. The minimum Gasteiger partial charge on any atom is -0.431 e. The Kier molecular flexibility index (Phi) is 26.7. The molecule has 4 aliphatic carbocycles. The van der Waals surface area contributed by atoms with Gasteiger partial charge in [-0.05, 0) is 82.0 Å². The normalized spacial score (nSPS) is 24.4. The molecule has 4 heteroatoms. The van der Waals surface area contributed by atoms with Crippen LogP contribution in [0.1, 0.15) is 283 Å². The smallest absolute Gasteiger partial charge is 0.431 e. The molecule has 0 aliphatic heterocycles. The van der Waals surface area contributed by atoms with Crippen LogP contribution in [0.2, 0.25) is 0 Å². The summed E-state index contributed by atoms with van der Waals surface area (Å²) in [5.74, 6) is 0.735. The topological polar surface area (TPSA) is 52.6 Å². The van der Waals surface area contributed by atoms with Crippen molar-refractivity contribution in [3.05, 3.63) is 11.1 Å². The summed E-state index contributed by atoms with van der Waals surface area (Å²) in [6.45, 7) is 0. The van der Waals surface area contributed by atoms with E-state index in [0.717, 1.165) is 44.1 Å². The van der Waals surface area contributed by atoms with Gasteiger partial charge in [-0.15, -0.1) is 0 Å². The van der Waals surface area contributed by atoms with Crippen molar-refractivity contribution in [2.45, 2.75) is 289 Å². The SMILES string of the molecule is O=C(OC(=O)C(=C(C1CCCCCCCCCCC1)C1CCCCCCCCCCC1)C1CCCCCCCCCCC1)OC1CCCCCCCCCCC1. The number of hydrogen-bond acceptors (Lipinski definition) is 4. The maximum atomic E-state index is 15.2. The Bertz CT molecular complexity index is 952. The number of hydrogen-bond donors (Lipinski definition) is 0. The summed E-state index contributed by atoms with van der Waals surface area (Å²) in [4.78, 5) is 29.1. The van der Waals surface area contributed by atoms with E-state index >= 15 is 4.79 Å². The van der Waals surface area contributed by atoms with Crippen molar-refractivity contribution in [2.75, 3.05) is 0 Å². The summed E-state index contributed by atoms with van der Waals surface area (Å²) >= 11 is 0. The predicted octanol–water partition coefficient (Wildman–Crippen LogP) is 17.4. The molecule has 0 bridgehead atoms. The minimum atomic E-state index is -0.713. The Morgan fingerprint density at radius 3 is 0.804 bits per heavy atom. The highest BCUT2D eigenvalue weighted by atomic mass is 16.7. The van der Waals surface area contributed by atoms with Gasteiger partial charge in [-0.3, -0.25) is 0 Å². The van der Waals surface area contributed by atoms with Crippen molar-refractivity contribution in [1.82, 2.24) is 0 Å². The Labute approximate surface area is 347 Å². The van der Waals surface area contributed by atoms with E-state index < -0.39 is 6.16 Å². The first-order valence-electron chi connectivity index (χ1n) is 25.9. The third-order valence-corrected chi connectivity index (χ3v) is 14.6. The Morgan fingerprint density at radius 1 is 0.286 bits per heavy atom. The molecule has 0 heterocycles. The van der Waals surface area contributed by atoms with Crippen LogP contribution in [-0.4, -0.2) is 18.2 Å². The second kappa shape index (κ2) is 31.6. The molecular weight excluding hydrogens is 689 g/mol. The first kappa shape index (κ1) is 47.4. The van der Waals surface area contributed by atoms with Crippen molar-refractivity contribution in [3.63, 3.8) is 0 Å². The van der Waals surface area contributed by atoms with Gasteiger partial charge < -0.3 is 9.47 Å². The lowest BCUT2D eigenvalue weighted by atomic mass is 9.71. The molecule has 4 fully saturated rings. The van der Waals surface area contributed by atoms with Crippen molar-refractivity contribution in [3.8, 4) is 0 Å². The van der Waals surface area contributed by atoms with Gasteiger partial charge in [0.1, 0.15) is 6.10 Å². The standard InChI is InChI=1S/C52H92O4/c53-51(56-52(54)55-48-43-35-27-19-11-4-12-20-28-36-44-48)50(47-41-33-25-17-9-3-10-18-26-34-42-47)49(45-37-29-21-13-5-1-6-14-22-30-38-45)46-39-31-23-15-7-2-8-16-24-32-40-46/h45-48H,1-44H2. The molecule has 0 N–H and O–H groups in total. The van der Waals surface area contributed by atoms with E-state index in [2.05, 4.69) is 0 Å². The third kappa shape index (κ3) is 20.6. The lowest BCUT2D eigenvalue weighted by Crippen LogP contribution is -2.29. The van der Waals surface area contributed by atoms with Crippen LogP contribution in [0.25, 0.3) is 0 Å². The van der Waals surface area contributed by atoms with Crippen molar-refractivity contribution < 1.29 is 19.1 Å². The van der Waals surface area contributed by atoms with Crippen LogP contribution in [0.5, 0.6) is 0 Å². The molecule has 0 atom stereocenters. The number of rotatable bonds is 5. The quantitative estimate of drug-likeness (QED) is 0.158. The summed E-state index contributed by atoms with van der Waals surface area (Å²) in [6.07, 6.45) is 54.5. The van der Waals surface area contributed by atoms with Crippen molar-refractivity contribution >= 4 is 12.1 Å². The molecule has 4 nitrogen and oxygen atoms in total. The van der Waals surface area contributed by atoms with Gasteiger partial charge in [0.15, 0.2) is 0 Å². The molecule has 0 aromatic rings. The van der Waals surface area contributed by atoms with Crippen LogP contribution in [-0.2, 0) is 14.3 Å². The van der Waals surface area contributed by atoms with Gasteiger partial charge in [-0.1, -0.05) is 224 Å². The lowest BCUT2D eigenvalue weighted by Gasteiger charge is -2.34. The fourth-order valence-corrected chi connectivity index (χ4v) is 11.2. The third-order valence-electron chi connectivity index (χ3n) is 14.6. The van der Waals surface area contributed by atoms with E-state index in [0.29, 0.717) is 11.8 Å². The maximum Gasteiger partial charge on any atom is 0.516 e. The van der Waals surface area contributed by atoms with E-state index in [-0.39, 0.29) is 18.0 Å². The molecule has 4 saturated carbocycles. The van der Waals surface area contributed by atoms with Gasteiger partial charge in [0.2, 0.25) is 0 Å². The first-order valence-corrected chi connectivity index (χ1v) is 25.9.